The Morgan fingerprint density at radius 1 is 1.06 bits per heavy atom. The molecule has 0 radical (unpaired) electrons. The zero-order valence-corrected chi connectivity index (χ0v) is 19.9. The van der Waals surface area contributed by atoms with Gasteiger partial charge in [0, 0.05) is 69.2 Å². The van der Waals surface area contributed by atoms with Gasteiger partial charge in [0.15, 0.2) is 0 Å². The van der Waals surface area contributed by atoms with Crippen molar-refractivity contribution >= 4 is 23.2 Å². The van der Waals surface area contributed by atoms with E-state index < -0.39 is 10.8 Å². The van der Waals surface area contributed by atoms with Crippen LogP contribution in [0.5, 0.6) is 5.75 Å². The van der Waals surface area contributed by atoms with E-state index in [1.54, 1.807) is 29.4 Å². The Balaban J connectivity index is 1.34. The Bertz CT molecular complexity index is 1230. The summed E-state index contributed by atoms with van der Waals surface area (Å²) >= 11 is 0. The third-order valence-corrected chi connectivity index (χ3v) is 6.00. The molecule has 2 heterocycles. The summed E-state index contributed by atoms with van der Waals surface area (Å²) in [5.74, 6) is 0.287. The molecule has 2 amide bonds. The van der Waals surface area contributed by atoms with E-state index in [2.05, 4.69) is 10.3 Å². The van der Waals surface area contributed by atoms with Gasteiger partial charge >= 0.3 is 0 Å². The summed E-state index contributed by atoms with van der Waals surface area (Å²) in [6, 6.07) is 15.6. The number of carbonyl (C=O) groups excluding carboxylic acids is 2. The number of hydrogen-bond acceptors (Lipinski definition) is 7. The predicted molar refractivity (Wildman–Crippen MR) is 134 cm³/mol. The van der Waals surface area contributed by atoms with Crippen molar-refractivity contribution in [3.05, 3.63) is 93.8 Å². The summed E-state index contributed by atoms with van der Waals surface area (Å²) in [4.78, 5) is 43.1. The average molecular weight is 490 g/mol. The van der Waals surface area contributed by atoms with E-state index in [-0.39, 0.29) is 23.7 Å². The van der Waals surface area contributed by atoms with Crippen LogP contribution in [0.4, 0.5) is 11.4 Å². The highest BCUT2D eigenvalue weighted by Gasteiger charge is 2.25. The fourth-order valence-corrected chi connectivity index (χ4v) is 3.98. The molecule has 0 bridgehead atoms. The molecule has 0 spiro atoms. The number of nitro benzene ring substituents is 1. The van der Waals surface area contributed by atoms with E-state index in [1.165, 1.54) is 13.0 Å². The van der Waals surface area contributed by atoms with Crippen LogP contribution in [0.15, 0.2) is 67.0 Å². The van der Waals surface area contributed by atoms with Crippen LogP contribution in [-0.4, -0.2) is 52.8 Å². The normalized spacial score (nSPS) is 13.2. The molecule has 36 heavy (non-hydrogen) atoms. The van der Waals surface area contributed by atoms with Crippen LogP contribution >= 0.6 is 0 Å². The number of nitrogens with zero attached hydrogens (tertiary/aromatic N) is 4. The number of aromatic nitrogens is 1. The smallest absolute Gasteiger partial charge is 0.293 e. The number of hydrogen-bond donors (Lipinski definition) is 1. The van der Waals surface area contributed by atoms with Crippen molar-refractivity contribution in [2.45, 2.75) is 20.1 Å². The number of carbonyl (C=O) groups is 2. The minimum absolute atomic E-state index is 0.0110. The Kier molecular flexibility index (Phi) is 7.74. The number of nitrogens with one attached hydrogen (secondary N) is 1. The maximum absolute atomic E-state index is 12.7. The lowest BCUT2D eigenvalue weighted by Crippen LogP contribution is -2.48. The molecule has 186 valence electrons. The first-order valence-corrected chi connectivity index (χ1v) is 11.6. The number of benzene rings is 2. The molecular weight excluding hydrogens is 462 g/mol. The number of ether oxygens (including phenoxy) is 1. The van der Waals surface area contributed by atoms with Gasteiger partial charge in [0.1, 0.15) is 18.0 Å². The van der Waals surface area contributed by atoms with Gasteiger partial charge in [-0.15, -0.1) is 0 Å². The molecule has 1 aliphatic rings. The summed E-state index contributed by atoms with van der Waals surface area (Å²) in [6.07, 6.45) is 3.45. The molecule has 10 nitrogen and oxygen atoms in total. The number of piperazine rings is 1. The van der Waals surface area contributed by atoms with E-state index in [0.29, 0.717) is 44.2 Å². The Hall–Kier alpha value is -4.47. The molecule has 1 fully saturated rings. The van der Waals surface area contributed by atoms with E-state index in [0.717, 1.165) is 11.1 Å². The molecule has 0 saturated carbocycles. The van der Waals surface area contributed by atoms with Gasteiger partial charge in [0.25, 0.3) is 11.6 Å². The van der Waals surface area contributed by atoms with E-state index in [4.69, 9.17) is 4.74 Å². The fraction of sp³-hybridized carbons (Fsp3) is 0.269. The van der Waals surface area contributed by atoms with Gasteiger partial charge in [0.2, 0.25) is 5.91 Å². The summed E-state index contributed by atoms with van der Waals surface area (Å²) in [7, 11) is 0. The van der Waals surface area contributed by atoms with E-state index in [9.17, 15) is 19.7 Å². The first-order valence-electron chi connectivity index (χ1n) is 11.6. The van der Waals surface area contributed by atoms with Gasteiger partial charge < -0.3 is 19.9 Å². The Morgan fingerprint density at radius 2 is 1.81 bits per heavy atom. The second-order valence-corrected chi connectivity index (χ2v) is 8.43. The lowest BCUT2D eigenvalue weighted by molar-refractivity contribution is -0.384. The highest BCUT2D eigenvalue weighted by molar-refractivity contribution is 5.95. The Morgan fingerprint density at radius 3 is 2.44 bits per heavy atom. The third kappa shape index (κ3) is 6.15. The number of anilines is 1. The topological polar surface area (TPSA) is 118 Å². The number of pyridine rings is 1. The lowest BCUT2D eigenvalue weighted by atomic mass is 10.1. The molecule has 4 rings (SSSR count). The van der Waals surface area contributed by atoms with Crippen molar-refractivity contribution in [3.8, 4) is 5.75 Å². The summed E-state index contributed by atoms with van der Waals surface area (Å²) in [6.45, 7) is 4.18. The first kappa shape index (κ1) is 24.6. The molecule has 0 atom stereocenters. The molecule has 1 aromatic heterocycles. The van der Waals surface area contributed by atoms with Crippen LogP contribution in [0.25, 0.3) is 0 Å². The highest BCUT2D eigenvalue weighted by atomic mass is 16.6. The van der Waals surface area contributed by atoms with Gasteiger partial charge in [-0.1, -0.05) is 18.2 Å². The van der Waals surface area contributed by atoms with Crippen LogP contribution in [0, 0.1) is 10.1 Å². The quantitative estimate of drug-likeness (QED) is 0.381. The van der Waals surface area contributed by atoms with Crippen LogP contribution in [-0.2, 0) is 17.9 Å². The van der Waals surface area contributed by atoms with Crippen LogP contribution in [0.2, 0.25) is 0 Å². The van der Waals surface area contributed by atoms with Crippen molar-refractivity contribution in [3.63, 3.8) is 0 Å². The minimum Gasteiger partial charge on any atom is -0.489 e. The Labute approximate surface area is 208 Å². The van der Waals surface area contributed by atoms with Gasteiger partial charge in [-0.05, 0) is 35.9 Å². The summed E-state index contributed by atoms with van der Waals surface area (Å²) in [5.41, 5.74) is 2.36. The van der Waals surface area contributed by atoms with Crippen molar-refractivity contribution in [1.29, 1.82) is 0 Å². The molecule has 3 aromatic rings. The zero-order valence-electron chi connectivity index (χ0n) is 19.9. The van der Waals surface area contributed by atoms with Gasteiger partial charge in [-0.3, -0.25) is 24.7 Å². The van der Waals surface area contributed by atoms with E-state index >= 15 is 0 Å². The van der Waals surface area contributed by atoms with Gasteiger partial charge in [-0.25, -0.2) is 0 Å². The molecule has 1 N–H and O–H groups in total. The average Bonchev–Trinajstić information content (AvgIpc) is 2.91. The molecule has 0 aliphatic carbocycles. The maximum Gasteiger partial charge on any atom is 0.293 e. The summed E-state index contributed by atoms with van der Waals surface area (Å²) in [5, 5.41) is 14.5. The maximum atomic E-state index is 12.7. The second-order valence-electron chi connectivity index (χ2n) is 8.43. The lowest BCUT2D eigenvalue weighted by Gasteiger charge is -2.35. The SMILES string of the molecule is CC(=O)N1CCN(c2ccc(C(=O)NCc3ccc(OCc4cccnc4)cc3)cc2[N+](=O)[O-])CC1. The number of amides is 2. The highest BCUT2D eigenvalue weighted by Crippen LogP contribution is 2.30. The van der Waals surface area contributed by atoms with Crippen molar-refractivity contribution in [1.82, 2.24) is 15.2 Å². The summed E-state index contributed by atoms with van der Waals surface area (Å²) < 4.78 is 5.74. The monoisotopic (exact) mass is 489 g/mol. The van der Waals surface area contributed by atoms with Gasteiger partial charge in [0.05, 0.1) is 4.92 Å². The van der Waals surface area contributed by atoms with Gasteiger partial charge in [-0.2, -0.15) is 0 Å². The molecular formula is C26H27N5O5. The molecule has 2 aromatic carbocycles. The van der Waals surface area contributed by atoms with Crippen molar-refractivity contribution in [2.75, 3.05) is 31.1 Å². The molecule has 10 heteroatoms. The van der Waals surface area contributed by atoms with Crippen LogP contribution in [0.1, 0.15) is 28.4 Å². The van der Waals surface area contributed by atoms with Crippen LogP contribution in [0.3, 0.4) is 0 Å². The zero-order chi connectivity index (χ0) is 25.5. The van der Waals surface area contributed by atoms with Crippen LogP contribution < -0.4 is 15.0 Å². The molecule has 1 aliphatic heterocycles. The largest absolute Gasteiger partial charge is 0.489 e. The third-order valence-electron chi connectivity index (χ3n) is 6.00. The second kappa shape index (κ2) is 11.3. The predicted octanol–water partition coefficient (Wildman–Crippen LogP) is 3.17. The van der Waals surface area contributed by atoms with Crippen molar-refractivity contribution < 1.29 is 19.2 Å². The number of rotatable bonds is 8. The first-order chi connectivity index (χ1) is 17.4. The molecule has 0 unspecified atom stereocenters. The molecule has 1 saturated heterocycles. The number of nitro groups is 1. The minimum atomic E-state index is -0.478. The fourth-order valence-electron chi connectivity index (χ4n) is 3.98. The standard InChI is InChI=1S/C26H27N5O5/c1-19(32)29-11-13-30(14-12-29)24-9-6-22(15-25(24)31(34)35)26(33)28-17-20-4-7-23(8-5-20)36-18-21-3-2-10-27-16-21/h2-10,15-16H,11-14,17-18H2,1H3,(H,28,33). The van der Waals surface area contributed by atoms with Crippen molar-refractivity contribution in [2.24, 2.45) is 0 Å². The van der Waals surface area contributed by atoms with E-state index in [1.807, 2.05) is 41.3 Å².